The number of para-hydroxylation sites is 1. The second-order valence-electron chi connectivity index (χ2n) is 7.85. The van der Waals surface area contributed by atoms with E-state index in [4.69, 9.17) is 4.74 Å². The van der Waals surface area contributed by atoms with Gasteiger partial charge < -0.3 is 19.9 Å². The van der Waals surface area contributed by atoms with Crippen LogP contribution >= 0.6 is 11.3 Å². The molecule has 1 aromatic carbocycles. The fraction of sp³-hybridized carbons (Fsp3) is 0.455. The number of hydrogen-bond donors (Lipinski definition) is 1. The van der Waals surface area contributed by atoms with Crippen LogP contribution in [0.25, 0.3) is 0 Å². The van der Waals surface area contributed by atoms with Gasteiger partial charge in [0.05, 0.1) is 10.9 Å². The van der Waals surface area contributed by atoms with Gasteiger partial charge in [0.25, 0.3) is 5.91 Å². The molecule has 1 aliphatic rings. The maximum Gasteiger partial charge on any atom is 0.262 e. The molecule has 7 heteroatoms. The summed E-state index contributed by atoms with van der Waals surface area (Å²) >= 11 is 1.45. The first-order valence-corrected chi connectivity index (χ1v) is 10.6. The van der Waals surface area contributed by atoms with Crippen LogP contribution in [0.4, 0.5) is 0 Å². The minimum absolute atomic E-state index is 0.101. The van der Waals surface area contributed by atoms with Gasteiger partial charge in [0.15, 0.2) is 0 Å². The molecule has 2 aromatic rings. The number of ether oxygens (including phenoxy) is 1. The smallest absolute Gasteiger partial charge is 0.262 e. The van der Waals surface area contributed by atoms with Gasteiger partial charge in [-0.1, -0.05) is 18.2 Å². The number of aryl methyl sites for hydroxylation is 2. The van der Waals surface area contributed by atoms with Gasteiger partial charge in [-0.05, 0) is 52.6 Å². The van der Waals surface area contributed by atoms with Gasteiger partial charge in [-0.15, -0.1) is 11.3 Å². The molecule has 2 unspecified atom stereocenters. The van der Waals surface area contributed by atoms with E-state index >= 15 is 0 Å². The number of benzene rings is 1. The maximum absolute atomic E-state index is 13.3. The normalized spacial score (nSPS) is 17.3. The van der Waals surface area contributed by atoms with Crippen molar-refractivity contribution in [1.82, 2.24) is 15.1 Å². The summed E-state index contributed by atoms with van der Waals surface area (Å²) in [5.41, 5.74) is 2.07. The van der Waals surface area contributed by atoms with Crippen LogP contribution in [-0.2, 0) is 11.3 Å². The van der Waals surface area contributed by atoms with Gasteiger partial charge in [0, 0.05) is 23.5 Å². The van der Waals surface area contributed by atoms with Crippen LogP contribution in [0.3, 0.4) is 0 Å². The zero-order valence-electron chi connectivity index (χ0n) is 17.7. The minimum Gasteiger partial charge on any atom is -0.491 e. The second kappa shape index (κ2) is 8.97. The first kappa shape index (κ1) is 21.3. The number of amides is 2. The van der Waals surface area contributed by atoms with Crippen LogP contribution in [0.5, 0.6) is 5.75 Å². The molecule has 2 heterocycles. The van der Waals surface area contributed by atoms with Crippen molar-refractivity contribution in [3.8, 4) is 5.75 Å². The van der Waals surface area contributed by atoms with Gasteiger partial charge in [-0.25, -0.2) is 0 Å². The lowest BCUT2D eigenvalue weighted by Crippen LogP contribution is -2.53. The SMILES string of the molecule is Cc1cc(C(=O)NC(C)C(=O)N2Cc3ccccc3OCC2CN(C)C)sc1C. The van der Waals surface area contributed by atoms with Crippen molar-refractivity contribution in [2.24, 2.45) is 0 Å². The highest BCUT2D eigenvalue weighted by molar-refractivity contribution is 7.14. The highest BCUT2D eigenvalue weighted by Gasteiger charge is 2.32. The van der Waals surface area contributed by atoms with Crippen molar-refractivity contribution < 1.29 is 14.3 Å². The Labute approximate surface area is 176 Å². The number of fused-ring (bicyclic) bond motifs is 1. The summed E-state index contributed by atoms with van der Waals surface area (Å²) in [6.45, 7) is 7.29. The molecule has 2 amide bonds. The number of rotatable bonds is 5. The molecule has 1 N–H and O–H groups in total. The van der Waals surface area contributed by atoms with E-state index in [0.717, 1.165) is 21.8 Å². The van der Waals surface area contributed by atoms with Crippen molar-refractivity contribution >= 4 is 23.2 Å². The van der Waals surface area contributed by atoms with E-state index in [1.807, 2.05) is 68.1 Å². The molecular weight excluding hydrogens is 386 g/mol. The van der Waals surface area contributed by atoms with E-state index in [9.17, 15) is 9.59 Å². The van der Waals surface area contributed by atoms with Gasteiger partial charge in [0.1, 0.15) is 18.4 Å². The molecule has 0 bridgehead atoms. The third-order valence-corrected chi connectivity index (χ3v) is 6.30. The molecule has 0 saturated heterocycles. The van der Waals surface area contributed by atoms with Crippen molar-refractivity contribution in [1.29, 1.82) is 0 Å². The third kappa shape index (κ3) is 4.97. The lowest BCUT2D eigenvalue weighted by Gasteiger charge is -2.33. The summed E-state index contributed by atoms with van der Waals surface area (Å²) in [5.74, 6) is 0.506. The Morgan fingerprint density at radius 2 is 2.03 bits per heavy atom. The predicted octanol–water partition coefficient (Wildman–Crippen LogP) is 2.83. The topological polar surface area (TPSA) is 61.9 Å². The van der Waals surface area contributed by atoms with Crippen LogP contribution in [0.2, 0.25) is 0 Å². The zero-order chi connectivity index (χ0) is 21.1. The highest BCUT2D eigenvalue weighted by atomic mass is 32.1. The van der Waals surface area contributed by atoms with Crippen molar-refractivity contribution in [3.63, 3.8) is 0 Å². The molecule has 0 saturated carbocycles. The summed E-state index contributed by atoms with van der Waals surface area (Å²) in [4.78, 5) is 31.6. The average molecular weight is 416 g/mol. The summed E-state index contributed by atoms with van der Waals surface area (Å²) in [5, 5.41) is 2.88. The number of likely N-dealkylation sites (N-methyl/N-ethyl adjacent to an activating group) is 1. The molecule has 1 aromatic heterocycles. The highest BCUT2D eigenvalue weighted by Crippen LogP contribution is 2.26. The number of nitrogens with zero attached hydrogens (tertiary/aromatic N) is 2. The standard InChI is InChI=1S/C22H29N3O3S/c1-14-10-20(29-16(14)3)21(26)23-15(2)22(27)25-11-17-8-6-7-9-19(17)28-13-18(25)12-24(4)5/h6-10,15,18H,11-13H2,1-5H3,(H,23,26). The zero-order valence-corrected chi connectivity index (χ0v) is 18.5. The van der Waals surface area contributed by atoms with Crippen LogP contribution < -0.4 is 10.1 Å². The molecule has 156 valence electrons. The van der Waals surface area contributed by atoms with E-state index in [2.05, 4.69) is 5.32 Å². The Bertz CT molecular complexity index is 874. The number of thiophene rings is 1. The van der Waals surface area contributed by atoms with Gasteiger partial charge in [0.2, 0.25) is 5.91 Å². The summed E-state index contributed by atoms with van der Waals surface area (Å²) in [6, 6.07) is 8.94. The second-order valence-corrected chi connectivity index (χ2v) is 9.10. The van der Waals surface area contributed by atoms with Crippen LogP contribution in [-0.4, -0.2) is 60.9 Å². The first-order chi connectivity index (χ1) is 13.8. The lowest BCUT2D eigenvalue weighted by atomic mass is 10.1. The van der Waals surface area contributed by atoms with E-state index < -0.39 is 6.04 Å². The molecule has 1 aliphatic heterocycles. The molecule has 0 fully saturated rings. The molecule has 3 rings (SSSR count). The lowest BCUT2D eigenvalue weighted by molar-refractivity contribution is -0.136. The quantitative estimate of drug-likeness (QED) is 0.816. The van der Waals surface area contributed by atoms with E-state index in [1.165, 1.54) is 11.3 Å². The van der Waals surface area contributed by atoms with Crippen molar-refractivity contribution in [2.45, 2.75) is 39.4 Å². The molecule has 2 atom stereocenters. The fourth-order valence-corrected chi connectivity index (χ4v) is 4.39. The first-order valence-electron chi connectivity index (χ1n) is 9.80. The van der Waals surface area contributed by atoms with Crippen LogP contribution in [0, 0.1) is 13.8 Å². The number of carbonyl (C=O) groups excluding carboxylic acids is 2. The summed E-state index contributed by atoms with van der Waals surface area (Å²) in [6.07, 6.45) is 0. The molecule has 6 nitrogen and oxygen atoms in total. The minimum atomic E-state index is -0.625. The van der Waals surface area contributed by atoms with E-state index in [1.54, 1.807) is 6.92 Å². The van der Waals surface area contributed by atoms with Crippen LogP contribution in [0.1, 0.15) is 32.6 Å². The Hall–Kier alpha value is -2.38. The Morgan fingerprint density at radius 1 is 1.31 bits per heavy atom. The van der Waals surface area contributed by atoms with Gasteiger partial charge >= 0.3 is 0 Å². The summed E-state index contributed by atoms with van der Waals surface area (Å²) < 4.78 is 5.98. The Balaban J connectivity index is 1.78. The molecule has 29 heavy (non-hydrogen) atoms. The van der Waals surface area contributed by atoms with Gasteiger partial charge in [-0.2, -0.15) is 0 Å². The third-order valence-electron chi connectivity index (χ3n) is 5.15. The molecule has 0 spiro atoms. The number of nitrogens with one attached hydrogen (secondary N) is 1. The number of hydrogen-bond acceptors (Lipinski definition) is 5. The monoisotopic (exact) mass is 415 g/mol. The molecular formula is C22H29N3O3S. The predicted molar refractivity (Wildman–Crippen MR) is 116 cm³/mol. The van der Waals surface area contributed by atoms with E-state index in [-0.39, 0.29) is 17.9 Å². The average Bonchev–Trinajstić information content (AvgIpc) is 2.91. The molecule has 0 radical (unpaired) electrons. The Kier molecular flexibility index (Phi) is 6.59. The number of carbonyl (C=O) groups is 2. The van der Waals surface area contributed by atoms with Crippen LogP contribution in [0.15, 0.2) is 30.3 Å². The molecule has 0 aliphatic carbocycles. The maximum atomic E-state index is 13.3. The summed E-state index contributed by atoms with van der Waals surface area (Å²) in [7, 11) is 3.96. The Morgan fingerprint density at radius 3 is 2.69 bits per heavy atom. The fourth-order valence-electron chi connectivity index (χ4n) is 3.46. The largest absolute Gasteiger partial charge is 0.491 e. The van der Waals surface area contributed by atoms with Crippen molar-refractivity contribution in [3.05, 3.63) is 51.2 Å². The van der Waals surface area contributed by atoms with Gasteiger partial charge in [-0.3, -0.25) is 9.59 Å². The van der Waals surface area contributed by atoms with Crippen molar-refractivity contribution in [2.75, 3.05) is 27.2 Å². The van der Waals surface area contributed by atoms with E-state index in [0.29, 0.717) is 24.6 Å².